The Bertz CT molecular complexity index is 213. The number of ether oxygens (including phenoxy) is 1. The molecule has 5 nitrogen and oxygen atoms in total. The fourth-order valence-corrected chi connectivity index (χ4v) is 0.391. The fourth-order valence-electron chi connectivity index (χ4n) is 0.391. The van der Waals surface area contributed by atoms with Crippen molar-refractivity contribution in [3.05, 3.63) is 12.2 Å². The van der Waals surface area contributed by atoms with Crippen LogP contribution in [0.1, 0.15) is 13.8 Å². The minimum Gasteiger partial charge on any atom is -0.442 e. The summed E-state index contributed by atoms with van der Waals surface area (Å²) >= 11 is 0. The van der Waals surface area contributed by atoms with Crippen molar-refractivity contribution in [1.82, 2.24) is 5.32 Å². The Balaban J connectivity index is 3.85. The molecule has 0 radical (unpaired) electrons. The summed E-state index contributed by atoms with van der Waals surface area (Å²) < 4.78 is 4.67. The van der Waals surface area contributed by atoms with Gasteiger partial charge in [-0.1, -0.05) is 6.58 Å². The van der Waals surface area contributed by atoms with Crippen molar-refractivity contribution < 1.29 is 14.3 Å². The fraction of sp³-hybridized carbons (Fsp3) is 0.429. The van der Waals surface area contributed by atoms with Gasteiger partial charge in [0.2, 0.25) is 0 Å². The van der Waals surface area contributed by atoms with E-state index in [2.05, 4.69) is 17.0 Å². The lowest BCUT2D eigenvalue weighted by molar-refractivity contribution is 0.124. The Morgan fingerprint density at radius 2 is 2.08 bits per heavy atom. The Labute approximate surface area is 70.6 Å². The van der Waals surface area contributed by atoms with Crippen LogP contribution in [0, 0.1) is 0 Å². The molecule has 3 amide bonds. The Hall–Kier alpha value is -1.52. The number of primary amides is 1. The molecule has 68 valence electrons. The van der Waals surface area contributed by atoms with E-state index in [9.17, 15) is 9.59 Å². The van der Waals surface area contributed by atoms with Gasteiger partial charge in [0.15, 0.2) is 0 Å². The summed E-state index contributed by atoms with van der Waals surface area (Å²) in [5, 5.41) is 1.77. The molecular weight excluding hydrogens is 160 g/mol. The van der Waals surface area contributed by atoms with E-state index in [1.165, 1.54) is 0 Å². The van der Waals surface area contributed by atoms with E-state index in [-0.39, 0.29) is 0 Å². The van der Waals surface area contributed by atoms with Gasteiger partial charge in [-0.3, -0.25) is 0 Å². The van der Waals surface area contributed by atoms with E-state index in [0.29, 0.717) is 5.57 Å². The van der Waals surface area contributed by atoms with Crippen LogP contribution in [0.25, 0.3) is 0 Å². The number of carbonyl (C=O) groups is 2. The van der Waals surface area contributed by atoms with Crippen LogP contribution in [0.5, 0.6) is 0 Å². The van der Waals surface area contributed by atoms with Gasteiger partial charge < -0.3 is 10.5 Å². The Morgan fingerprint density at radius 1 is 1.58 bits per heavy atom. The van der Waals surface area contributed by atoms with Crippen LogP contribution < -0.4 is 11.1 Å². The number of hydrogen-bond acceptors (Lipinski definition) is 3. The highest BCUT2D eigenvalue weighted by atomic mass is 16.6. The molecule has 0 bridgehead atoms. The zero-order valence-corrected chi connectivity index (χ0v) is 7.09. The second-order valence-corrected chi connectivity index (χ2v) is 2.38. The maximum Gasteiger partial charge on any atom is 0.415 e. The molecule has 0 aliphatic heterocycles. The van der Waals surface area contributed by atoms with Gasteiger partial charge in [0, 0.05) is 0 Å². The molecule has 0 aliphatic rings. The average Bonchev–Trinajstić information content (AvgIpc) is 1.84. The minimum atomic E-state index is -0.936. The number of amides is 3. The number of nitrogens with one attached hydrogen (secondary N) is 1. The van der Waals surface area contributed by atoms with Crippen LogP contribution >= 0.6 is 0 Å². The van der Waals surface area contributed by atoms with E-state index >= 15 is 0 Å². The monoisotopic (exact) mass is 172 g/mol. The summed E-state index contributed by atoms with van der Waals surface area (Å²) in [6.45, 7) is 6.92. The summed E-state index contributed by atoms with van der Waals surface area (Å²) in [6, 6.07) is -0.936. The first-order valence-electron chi connectivity index (χ1n) is 3.36. The first kappa shape index (κ1) is 10.5. The second-order valence-electron chi connectivity index (χ2n) is 2.38. The summed E-state index contributed by atoms with van der Waals surface area (Å²) in [6.07, 6.45) is -1.29. The topological polar surface area (TPSA) is 81.4 Å². The normalized spacial score (nSPS) is 11.5. The van der Waals surface area contributed by atoms with Crippen LogP contribution in [0.15, 0.2) is 12.2 Å². The van der Waals surface area contributed by atoms with Crippen LogP contribution in [-0.4, -0.2) is 18.2 Å². The van der Waals surface area contributed by atoms with E-state index in [0.717, 1.165) is 0 Å². The van der Waals surface area contributed by atoms with Gasteiger partial charge in [-0.2, -0.15) is 0 Å². The minimum absolute atomic E-state index is 0.427. The average molecular weight is 172 g/mol. The van der Waals surface area contributed by atoms with E-state index in [4.69, 9.17) is 0 Å². The number of urea groups is 1. The van der Waals surface area contributed by atoms with Gasteiger partial charge >= 0.3 is 12.1 Å². The maximum absolute atomic E-state index is 10.7. The standard InChI is InChI=1S/C7H12N2O3/c1-4(2)5(3)12-7(11)9-6(8)10/h5H,1H2,2-3H3,(H3,8,9,10,11). The molecule has 0 fully saturated rings. The molecule has 5 heteroatoms. The van der Waals surface area contributed by atoms with Crippen LogP contribution in [0.4, 0.5) is 9.59 Å². The van der Waals surface area contributed by atoms with E-state index in [1.807, 2.05) is 0 Å². The lowest BCUT2D eigenvalue weighted by Gasteiger charge is -2.11. The lowest BCUT2D eigenvalue weighted by Crippen LogP contribution is -2.37. The molecule has 0 aromatic heterocycles. The molecule has 3 N–H and O–H groups in total. The highest BCUT2D eigenvalue weighted by molar-refractivity contribution is 5.89. The predicted octanol–water partition coefficient (Wildman–Crippen LogP) is 0.756. The number of hydrogen-bond donors (Lipinski definition) is 2. The van der Waals surface area contributed by atoms with E-state index < -0.39 is 18.2 Å². The number of rotatable bonds is 2. The highest BCUT2D eigenvalue weighted by Crippen LogP contribution is 2.01. The van der Waals surface area contributed by atoms with Crippen LogP contribution in [-0.2, 0) is 4.74 Å². The van der Waals surface area contributed by atoms with Gasteiger partial charge in [-0.25, -0.2) is 14.9 Å². The Morgan fingerprint density at radius 3 is 2.42 bits per heavy atom. The SMILES string of the molecule is C=C(C)C(C)OC(=O)NC(N)=O. The summed E-state index contributed by atoms with van der Waals surface area (Å²) in [4.78, 5) is 20.8. The molecule has 12 heavy (non-hydrogen) atoms. The molecule has 0 spiro atoms. The predicted molar refractivity (Wildman–Crippen MR) is 43.5 cm³/mol. The van der Waals surface area contributed by atoms with Crippen molar-refractivity contribution in [3.63, 3.8) is 0 Å². The molecular formula is C7H12N2O3. The van der Waals surface area contributed by atoms with Gasteiger partial charge in [0.1, 0.15) is 6.10 Å². The first-order valence-corrected chi connectivity index (χ1v) is 3.36. The summed E-state index contributed by atoms with van der Waals surface area (Å²) in [5.41, 5.74) is 5.36. The van der Waals surface area contributed by atoms with Crippen molar-refractivity contribution >= 4 is 12.1 Å². The molecule has 0 aliphatic carbocycles. The third kappa shape index (κ3) is 4.32. The second kappa shape index (κ2) is 4.38. The Kier molecular flexibility index (Phi) is 3.82. The molecule has 1 atom stereocenters. The third-order valence-corrected chi connectivity index (χ3v) is 1.20. The number of carbonyl (C=O) groups excluding carboxylic acids is 2. The first-order chi connectivity index (χ1) is 5.43. The third-order valence-electron chi connectivity index (χ3n) is 1.20. The van der Waals surface area contributed by atoms with Crippen molar-refractivity contribution in [3.8, 4) is 0 Å². The number of imide groups is 1. The van der Waals surface area contributed by atoms with Gasteiger partial charge in [0.25, 0.3) is 0 Å². The molecule has 0 rings (SSSR count). The summed E-state index contributed by atoms with van der Waals surface area (Å²) in [7, 11) is 0. The van der Waals surface area contributed by atoms with Gasteiger partial charge in [0.05, 0.1) is 0 Å². The smallest absolute Gasteiger partial charge is 0.415 e. The number of alkyl carbamates (subject to hydrolysis) is 1. The summed E-state index contributed by atoms with van der Waals surface area (Å²) in [5.74, 6) is 0. The van der Waals surface area contributed by atoms with Gasteiger partial charge in [-0.05, 0) is 19.4 Å². The molecule has 0 aromatic carbocycles. The van der Waals surface area contributed by atoms with E-state index in [1.54, 1.807) is 19.2 Å². The van der Waals surface area contributed by atoms with Crippen molar-refractivity contribution in [1.29, 1.82) is 0 Å². The van der Waals surface area contributed by atoms with Crippen molar-refractivity contribution in [2.45, 2.75) is 20.0 Å². The maximum atomic E-state index is 10.7. The molecule has 1 unspecified atom stereocenters. The molecule has 0 saturated heterocycles. The van der Waals surface area contributed by atoms with Crippen molar-refractivity contribution in [2.24, 2.45) is 5.73 Å². The van der Waals surface area contributed by atoms with Crippen LogP contribution in [0.3, 0.4) is 0 Å². The van der Waals surface area contributed by atoms with Gasteiger partial charge in [-0.15, -0.1) is 0 Å². The largest absolute Gasteiger partial charge is 0.442 e. The molecule has 0 heterocycles. The van der Waals surface area contributed by atoms with Crippen LogP contribution in [0.2, 0.25) is 0 Å². The molecule has 0 saturated carbocycles. The lowest BCUT2D eigenvalue weighted by atomic mass is 10.2. The highest BCUT2D eigenvalue weighted by Gasteiger charge is 2.10. The molecule has 0 aromatic rings. The zero-order valence-electron chi connectivity index (χ0n) is 7.09. The van der Waals surface area contributed by atoms with Crippen molar-refractivity contribution in [2.75, 3.05) is 0 Å². The number of nitrogens with two attached hydrogens (primary N) is 1. The quantitative estimate of drug-likeness (QED) is 0.603. The zero-order chi connectivity index (χ0) is 9.72.